The van der Waals surface area contributed by atoms with E-state index in [9.17, 15) is 0 Å². The second kappa shape index (κ2) is 16.8. The average molecular weight is 249 g/mol. The monoisotopic (exact) mass is 248 g/mol. The molecule has 0 atom stereocenters. The summed E-state index contributed by atoms with van der Waals surface area (Å²) in [7, 11) is 0. The molecule has 0 aliphatic heterocycles. The van der Waals surface area contributed by atoms with Crippen molar-refractivity contribution in [1.29, 1.82) is 0 Å². The normalized spacial score (nSPS) is 10.3. The maximum atomic E-state index is 3.43. The molecule has 1 aliphatic rings. The molecule has 0 saturated heterocycles. The van der Waals surface area contributed by atoms with Gasteiger partial charge < -0.3 is 7.43 Å². The van der Waals surface area contributed by atoms with E-state index in [1.807, 2.05) is 12.2 Å². The van der Waals surface area contributed by atoms with Crippen LogP contribution in [0.15, 0.2) is 30.9 Å². The minimum Gasteiger partial charge on any atom is -0.358 e. The van der Waals surface area contributed by atoms with Gasteiger partial charge in [0.2, 0.25) is 0 Å². The van der Waals surface area contributed by atoms with Gasteiger partial charge in [-0.1, -0.05) is 22.0 Å². The summed E-state index contributed by atoms with van der Waals surface area (Å²) in [5.41, 5.74) is 0. The number of hydrogen-bond donors (Lipinski definition) is 0. The van der Waals surface area contributed by atoms with Gasteiger partial charge in [-0.3, -0.25) is 6.08 Å². The molecule has 0 fully saturated rings. The van der Waals surface area contributed by atoms with E-state index in [0.717, 1.165) is 11.8 Å². The van der Waals surface area contributed by atoms with Crippen LogP contribution in [0.4, 0.5) is 0 Å². The van der Waals surface area contributed by atoms with Gasteiger partial charge in [-0.15, -0.1) is 13.0 Å². The second-order valence-electron chi connectivity index (χ2n) is 1.45. The number of alkyl halides is 1. The smallest absolute Gasteiger partial charge is 0.358 e. The van der Waals surface area contributed by atoms with Gasteiger partial charge in [-0.2, -0.15) is 6.08 Å². The van der Waals surface area contributed by atoms with Crippen molar-refractivity contribution in [1.82, 2.24) is 0 Å². The minimum absolute atomic E-state index is 0. The van der Waals surface area contributed by atoms with E-state index in [1.165, 1.54) is 0 Å². The molecule has 0 unspecified atom stereocenters. The minimum atomic E-state index is 0. The molecule has 0 amide bonds. The van der Waals surface area contributed by atoms with Crippen molar-refractivity contribution in [2.75, 3.05) is 5.33 Å². The van der Waals surface area contributed by atoms with Gasteiger partial charge in [0.05, 0.1) is 0 Å². The van der Waals surface area contributed by atoms with Crippen molar-refractivity contribution < 1.29 is 21.7 Å². The summed E-state index contributed by atoms with van der Waals surface area (Å²) in [5, 5.41) is 0.896. The molecule has 0 nitrogen and oxygen atoms in total. The number of halogens is 1. The van der Waals surface area contributed by atoms with Crippen molar-refractivity contribution in [2.24, 2.45) is 0 Å². The van der Waals surface area contributed by atoms with Gasteiger partial charge in [0.15, 0.2) is 0 Å². The molecule has 1 aliphatic carbocycles. The molecule has 0 aromatic carbocycles. The SMILES string of the molecule is C=CCBr.[C-]1=CC=CC1.[CH3-].[Ti+2]. The van der Waals surface area contributed by atoms with E-state index >= 15 is 0 Å². The Morgan fingerprint density at radius 1 is 1.64 bits per heavy atom. The zero-order valence-corrected chi connectivity index (χ0v) is 9.96. The van der Waals surface area contributed by atoms with Crippen LogP contribution in [0.1, 0.15) is 6.42 Å². The van der Waals surface area contributed by atoms with Crippen LogP contribution in [0, 0.1) is 13.5 Å². The number of rotatable bonds is 1. The van der Waals surface area contributed by atoms with Crippen molar-refractivity contribution in [2.45, 2.75) is 6.42 Å². The standard InChI is InChI=1S/C5H5.C3H5Br.CH3.Ti/c1-2-4-5-3-1;1-2-3-4;;/h1-3H,4H2;2H,1,3H2;1H3;/q-1;;-1;+2. The fraction of sp³-hybridized carbons (Fsp3) is 0.222. The van der Waals surface area contributed by atoms with Crippen molar-refractivity contribution >= 4 is 15.9 Å². The summed E-state index contributed by atoms with van der Waals surface area (Å²) < 4.78 is 0. The summed E-state index contributed by atoms with van der Waals surface area (Å²) in [6.45, 7) is 3.43. The zero-order valence-electron chi connectivity index (χ0n) is 6.81. The molecule has 1 rings (SSSR count). The van der Waals surface area contributed by atoms with Gasteiger partial charge >= 0.3 is 21.7 Å². The molecule has 0 bridgehead atoms. The van der Waals surface area contributed by atoms with Crippen LogP contribution in [-0.4, -0.2) is 5.33 Å². The van der Waals surface area contributed by atoms with Gasteiger partial charge in [-0.05, 0) is 0 Å². The van der Waals surface area contributed by atoms with E-state index in [0.29, 0.717) is 0 Å². The van der Waals surface area contributed by atoms with E-state index in [-0.39, 0.29) is 29.1 Å². The van der Waals surface area contributed by atoms with Gasteiger partial charge in [0.25, 0.3) is 0 Å². The molecule has 0 radical (unpaired) electrons. The molecule has 0 N–H and O–H groups in total. The van der Waals surface area contributed by atoms with Crippen molar-refractivity contribution in [3.8, 4) is 0 Å². The molecule has 11 heavy (non-hydrogen) atoms. The average Bonchev–Trinajstić information content (AvgIpc) is 2.43. The van der Waals surface area contributed by atoms with E-state index in [1.54, 1.807) is 6.08 Å². The van der Waals surface area contributed by atoms with Crippen molar-refractivity contribution in [3.05, 3.63) is 44.4 Å². The fourth-order valence-electron chi connectivity index (χ4n) is 0.340. The van der Waals surface area contributed by atoms with Gasteiger partial charge in [0, 0.05) is 5.33 Å². The molecule has 2 heteroatoms. The van der Waals surface area contributed by atoms with Gasteiger partial charge in [0.1, 0.15) is 0 Å². The summed E-state index contributed by atoms with van der Waals surface area (Å²) in [6, 6.07) is 0. The molecule has 60 valence electrons. The third kappa shape index (κ3) is 17.9. The Morgan fingerprint density at radius 3 is 2.27 bits per heavy atom. The van der Waals surface area contributed by atoms with Crippen molar-refractivity contribution in [3.63, 3.8) is 0 Å². The third-order valence-corrected chi connectivity index (χ3v) is 1.15. The molecule has 0 heterocycles. The van der Waals surface area contributed by atoms with Crippen LogP contribution in [0.2, 0.25) is 0 Å². The van der Waals surface area contributed by atoms with Crippen LogP contribution in [0.3, 0.4) is 0 Å². The first-order valence-corrected chi connectivity index (χ1v) is 3.92. The molecule has 0 spiro atoms. The molecular formula is C9H13BrTi. The van der Waals surface area contributed by atoms with E-state index in [4.69, 9.17) is 0 Å². The Balaban J connectivity index is -0.000000101. The third-order valence-electron chi connectivity index (χ3n) is 0.695. The molecular weight excluding hydrogens is 236 g/mol. The molecule has 0 aromatic heterocycles. The van der Waals surface area contributed by atoms with Crippen LogP contribution < -0.4 is 0 Å². The fourth-order valence-corrected chi connectivity index (χ4v) is 0.340. The van der Waals surface area contributed by atoms with Crippen LogP contribution in [0.5, 0.6) is 0 Å². The van der Waals surface area contributed by atoms with E-state index < -0.39 is 0 Å². The summed E-state index contributed by atoms with van der Waals surface area (Å²) in [6.07, 6.45) is 11.8. The number of allylic oxidation sites excluding steroid dienone is 5. The summed E-state index contributed by atoms with van der Waals surface area (Å²) >= 11 is 3.13. The van der Waals surface area contributed by atoms with Crippen LogP contribution >= 0.6 is 15.9 Å². The quantitative estimate of drug-likeness (QED) is 0.289. The Hall–Kier alpha value is 0.414. The Morgan fingerprint density at radius 2 is 2.18 bits per heavy atom. The topological polar surface area (TPSA) is 0 Å². The molecule has 0 saturated carbocycles. The Labute approximate surface area is 93.5 Å². The first kappa shape index (κ1) is 17.5. The van der Waals surface area contributed by atoms with Crippen LogP contribution in [-0.2, 0) is 21.7 Å². The van der Waals surface area contributed by atoms with Crippen LogP contribution in [0.25, 0.3) is 0 Å². The predicted molar refractivity (Wildman–Crippen MR) is 52.0 cm³/mol. The molecule has 0 aromatic rings. The Bertz CT molecular complexity index is 107. The summed E-state index contributed by atoms with van der Waals surface area (Å²) in [5.74, 6) is 0. The Kier molecular flexibility index (Phi) is 26.7. The van der Waals surface area contributed by atoms with Gasteiger partial charge in [-0.25, -0.2) is 12.2 Å². The first-order chi connectivity index (χ1) is 4.41. The van der Waals surface area contributed by atoms with E-state index in [2.05, 4.69) is 34.7 Å². The zero-order chi connectivity index (χ0) is 6.95. The second-order valence-corrected chi connectivity index (χ2v) is 2.09. The largest absolute Gasteiger partial charge is 2.00 e. The number of hydrogen-bond acceptors (Lipinski definition) is 0. The predicted octanol–water partition coefficient (Wildman–Crippen LogP) is 3.32. The summed E-state index contributed by atoms with van der Waals surface area (Å²) in [4.78, 5) is 0. The maximum absolute atomic E-state index is 3.43. The first-order valence-electron chi connectivity index (χ1n) is 2.80. The maximum Gasteiger partial charge on any atom is 2.00 e.